The van der Waals surface area contributed by atoms with Crippen LogP contribution in [-0.4, -0.2) is 18.6 Å². The van der Waals surface area contributed by atoms with Crippen LogP contribution in [0.4, 0.5) is 5.82 Å². The van der Waals surface area contributed by atoms with Crippen molar-refractivity contribution in [2.75, 3.05) is 19.0 Å². The van der Waals surface area contributed by atoms with Gasteiger partial charge in [0.25, 0.3) is 0 Å². The smallest absolute Gasteiger partial charge is 0.125 e. The summed E-state index contributed by atoms with van der Waals surface area (Å²) < 4.78 is 5.80. The maximum atomic E-state index is 5.80. The number of rotatable bonds is 5. The predicted molar refractivity (Wildman–Crippen MR) is 70.0 cm³/mol. The van der Waals surface area contributed by atoms with Crippen molar-refractivity contribution in [3.63, 3.8) is 0 Å². The molecule has 1 N–H and O–H groups in total. The zero-order valence-electron chi connectivity index (χ0n) is 10.6. The van der Waals surface area contributed by atoms with Gasteiger partial charge in [0.2, 0.25) is 0 Å². The van der Waals surface area contributed by atoms with Crippen LogP contribution in [-0.2, 0) is 11.3 Å². The van der Waals surface area contributed by atoms with E-state index in [1.165, 1.54) is 37.7 Å². The average molecular weight is 234 g/mol. The quantitative estimate of drug-likeness (QED) is 0.849. The summed E-state index contributed by atoms with van der Waals surface area (Å²) >= 11 is 0. The second-order valence-electron chi connectivity index (χ2n) is 4.82. The van der Waals surface area contributed by atoms with E-state index in [2.05, 4.69) is 10.3 Å². The minimum atomic E-state index is 0.702. The van der Waals surface area contributed by atoms with E-state index in [4.69, 9.17) is 4.74 Å². The van der Waals surface area contributed by atoms with Crippen LogP contribution in [0.2, 0.25) is 0 Å². The number of nitrogens with one attached hydrogen (secondary N) is 1. The number of aromatic nitrogens is 1. The summed E-state index contributed by atoms with van der Waals surface area (Å²) in [6.45, 7) is 1.62. The molecule has 0 unspecified atom stereocenters. The van der Waals surface area contributed by atoms with Crippen LogP contribution in [0.15, 0.2) is 18.3 Å². The summed E-state index contributed by atoms with van der Waals surface area (Å²) in [6.07, 6.45) is 8.69. The Labute approximate surface area is 104 Å². The highest BCUT2D eigenvalue weighted by Gasteiger charge is 2.13. The Balaban J connectivity index is 1.73. The Morgan fingerprint density at radius 2 is 2.18 bits per heavy atom. The lowest BCUT2D eigenvalue weighted by atomic mass is 9.90. The fourth-order valence-electron chi connectivity index (χ4n) is 2.40. The fourth-order valence-corrected chi connectivity index (χ4v) is 2.40. The molecule has 0 spiro atoms. The first-order chi connectivity index (χ1) is 8.38. The predicted octanol–water partition coefficient (Wildman–Crippen LogP) is 3.22. The van der Waals surface area contributed by atoms with E-state index in [1.54, 1.807) is 0 Å². The van der Waals surface area contributed by atoms with Crippen LogP contribution in [0.5, 0.6) is 0 Å². The van der Waals surface area contributed by atoms with E-state index in [0.29, 0.717) is 6.61 Å². The minimum absolute atomic E-state index is 0.702. The number of anilines is 1. The Morgan fingerprint density at radius 3 is 2.94 bits per heavy atom. The number of hydrogen-bond donors (Lipinski definition) is 1. The molecule has 3 heteroatoms. The highest BCUT2D eigenvalue weighted by Crippen LogP contribution is 2.24. The van der Waals surface area contributed by atoms with Crippen LogP contribution in [0.25, 0.3) is 0 Å². The van der Waals surface area contributed by atoms with Crippen molar-refractivity contribution in [3.8, 4) is 0 Å². The van der Waals surface area contributed by atoms with Crippen LogP contribution in [0.1, 0.15) is 37.7 Å². The maximum absolute atomic E-state index is 5.80. The average Bonchev–Trinajstić information content (AvgIpc) is 2.40. The number of hydrogen-bond acceptors (Lipinski definition) is 3. The summed E-state index contributed by atoms with van der Waals surface area (Å²) in [6, 6.07) is 4.06. The molecule has 2 rings (SSSR count). The van der Waals surface area contributed by atoms with Crippen molar-refractivity contribution >= 4 is 5.82 Å². The van der Waals surface area contributed by atoms with E-state index < -0.39 is 0 Å². The fraction of sp³-hybridized carbons (Fsp3) is 0.643. The lowest BCUT2D eigenvalue weighted by Gasteiger charge is -2.21. The van der Waals surface area contributed by atoms with Crippen LogP contribution in [0.3, 0.4) is 0 Å². The highest BCUT2D eigenvalue weighted by atomic mass is 16.5. The van der Waals surface area contributed by atoms with E-state index in [0.717, 1.165) is 18.3 Å². The largest absolute Gasteiger partial charge is 0.376 e. The summed E-state index contributed by atoms with van der Waals surface area (Å²) in [5.74, 6) is 1.69. The van der Waals surface area contributed by atoms with Crippen LogP contribution < -0.4 is 5.32 Å². The summed E-state index contributed by atoms with van der Waals surface area (Å²) in [5, 5.41) is 3.04. The monoisotopic (exact) mass is 234 g/mol. The van der Waals surface area contributed by atoms with Crippen LogP contribution >= 0.6 is 0 Å². The Bertz CT molecular complexity index is 335. The van der Waals surface area contributed by atoms with Gasteiger partial charge in [0, 0.05) is 19.9 Å². The first kappa shape index (κ1) is 12.4. The van der Waals surface area contributed by atoms with Gasteiger partial charge in [0.1, 0.15) is 5.82 Å². The zero-order valence-corrected chi connectivity index (χ0v) is 10.6. The van der Waals surface area contributed by atoms with Crippen molar-refractivity contribution in [2.24, 2.45) is 5.92 Å². The molecule has 1 heterocycles. The third-order valence-corrected chi connectivity index (χ3v) is 3.43. The highest BCUT2D eigenvalue weighted by molar-refractivity contribution is 5.36. The van der Waals surface area contributed by atoms with Gasteiger partial charge in [-0.1, -0.05) is 19.3 Å². The molecule has 94 valence electrons. The molecule has 17 heavy (non-hydrogen) atoms. The number of pyridine rings is 1. The first-order valence-electron chi connectivity index (χ1n) is 6.59. The van der Waals surface area contributed by atoms with E-state index in [9.17, 15) is 0 Å². The first-order valence-corrected chi connectivity index (χ1v) is 6.59. The molecule has 1 saturated carbocycles. The van der Waals surface area contributed by atoms with Gasteiger partial charge in [-0.05, 0) is 36.5 Å². The molecule has 0 atom stereocenters. The lowest BCUT2D eigenvalue weighted by molar-refractivity contribution is 0.0739. The van der Waals surface area contributed by atoms with E-state index in [-0.39, 0.29) is 0 Å². The van der Waals surface area contributed by atoms with E-state index >= 15 is 0 Å². The molecule has 0 radical (unpaired) electrons. The zero-order chi connectivity index (χ0) is 11.9. The minimum Gasteiger partial charge on any atom is -0.376 e. The van der Waals surface area contributed by atoms with Gasteiger partial charge in [0.15, 0.2) is 0 Å². The van der Waals surface area contributed by atoms with E-state index in [1.807, 2.05) is 25.4 Å². The third kappa shape index (κ3) is 4.00. The molecule has 0 amide bonds. The van der Waals surface area contributed by atoms with Gasteiger partial charge in [-0.15, -0.1) is 0 Å². The number of ether oxygens (including phenoxy) is 1. The van der Waals surface area contributed by atoms with Gasteiger partial charge < -0.3 is 10.1 Å². The van der Waals surface area contributed by atoms with Crippen molar-refractivity contribution < 1.29 is 4.74 Å². The SMILES string of the molecule is CNc1cc(COCC2CCCCC2)ccn1. The summed E-state index contributed by atoms with van der Waals surface area (Å²) in [5.41, 5.74) is 1.19. The van der Waals surface area contributed by atoms with Crippen molar-refractivity contribution in [1.82, 2.24) is 4.98 Å². The molecule has 1 fully saturated rings. The molecule has 0 bridgehead atoms. The van der Waals surface area contributed by atoms with Crippen molar-refractivity contribution in [1.29, 1.82) is 0 Å². The topological polar surface area (TPSA) is 34.1 Å². The second kappa shape index (κ2) is 6.60. The Kier molecular flexibility index (Phi) is 4.80. The molecule has 3 nitrogen and oxygen atoms in total. The van der Waals surface area contributed by atoms with Gasteiger partial charge >= 0.3 is 0 Å². The molecular weight excluding hydrogens is 212 g/mol. The van der Waals surface area contributed by atoms with Crippen molar-refractivity contribution in [3.05, 3.63) is 23.9 Å². The molecule has 1 aromatic rings. The molecule has 0 aliphatic heterocycles. The van der Waals surface area contributed by atoms with Gasteiger partial charge in [0.05, 0.1) is 6.61 Å². The molecule has 1 aromatic heterocycles. The standard InChI is InChI=1S/C14H22N2O/c1-15-14-9-13(7-8-16-14)11-17-10-12-5-3-2-4-6-12/h7-9,12H,2-6,10-11H2,1H3,(H,15,16). The number of nitrogens with zero attached hydrogens (tertiary/aromatic N) is 1. The second-order valence-corrected chi connectivity index (χ2v) is 4.82. The van der Waals surface area contributed by atoms with Crippen LogP contribution in [0, 0.1) is 5.92 Å². The molecule has 0 aromatic carbocycles. The summed E-state index contributed by atoms with van der Waals surface area (Å²) in [7, 11) is 1.88. The third-order valence-electron chi connectivity index (χ3n) is 3.43. The Morgan fingerprint density at radius 1 is 1.35 bits per heavy atom. The molecule has 1 aliphatic rings. The molecule has 1 aliphatic carbocycles. The van der Waals surface area contributed by atoms with Gasteiger partial charge in [-0.3, -0.25) is 0 Å². The van der Waals surface area contributed by atoms with Gasteiger partial charge in [-0.2, -0.15) is 0 Å². The lowest BCUT2D eigenvalue weighted by Crippen LogP contribution is -2.13. The van der Waals surface area contributed by atoms with Gasteiger partial charge in [-0.25, -0.2) is 4.98 Å². The Hall–Kier alpha value is -1.09. The molecule has 0 saturated heterocycles. The summed E-state index contributed by atoms with van der Waals surface area (Å²) in [4.78, 5) is 4.19. The normalized spacial score (nSPS) is 17.0. The van der Waals surface area contributed by atoms with Crippen molar-refractivity contribution in [2.45, 2.75) is 38.7 Å². The maximum Gasteiger partial charge on any atom is 0.125 e. The molecular formula is C14H22N2O.